The molecule has 134 valence electrons. The third-order valence-corrected chi connectivity index (χ3v) is 5.27. The number of hydrogen-bond acceptors (Lipinski definition) is 3. The number of carbonyl (C=O) groups excluding carboxylic acids is 1. The van der Waals surface area contributed by atoms with Crippen molar-refractivity contribution in [1.29, 1.82) is 0 Å². The van der Waals surface area contributed by atoms with Gasteiger partial charge in [0.1, 0.15) is 5.82 Å². The first-order valence-corrected chi connectivity index (χ1v) is 9.46. The number of carbonyl (C=O) groups is 1. The van der Waals surface area contributed by atoms with E-state index in [1.165, 1.54) is 12.1 Å². The summed E-state index contributed by atoms with van der Waals surface area (Å²) < 4.78 is 13.0. The zero-order valence-electron chi connectivity index (χ0n) is 14.7. The van der Waals surface area contributed by atoms with Crippen molar-refractivity contribution in [3.8, 4) is 10.4 Å². The van der Waals surface area contributed by atoms with Gasteiger partial charge in [-0.3, -0.25) is 9.78 Å². The summed E-state index contributed by atoms with van der Waals surface area (Å²) in [7, 11) is 0. The zero-order valence-corrected chi connectivity index (χ0v) is 15.5. The smallest absolute Gasteiger partial charge is 0.252 e. The molecule has 1 N–H and O–H groups in total. The molecule has 1 amide bonds. The number of pyridine rings is 1. The van der Waals surface area contributed by atoms with Crippen molar-refractivity contribution in [3.63, 3.8) is 0 Å². The number of hydrogen-bond donors (Lipinski definition) is 1. The van der Waals surface area contributed by atoms with E-state index in [-0.39, 0.29) is 11.7 Å². The number of para-hydroxylation sites is 1. The van der Waals surface area contributed by atoms with E-state index in [9.17, 15) is 9.18 Å². The van der Waals surface area contributed by atoms with Crippen molar-refractivity contribution in [2.45, 2.75) is 13.5 Å². The number of fused-ring (bicyclic) bond motifs is 1. The number of aromatic nitrogens is 1. The molecule has 0 unspecified atom stereocenters. The molecule has 0 atom stereocenters. The Morgan fingerprint density at radius 3 is 2.67 bits per heavy atom. The van der Waals surface area contributed by atoms with Gasteiger partial charge >= 0.3 is 0 Å². The van der Waals surface area contributed by atoms with Gasteiger partial charge in [0.2, 0.25) is 0 Å². The molecule has 0 aliphatic carbocycles. The predicted octanol–water partition coefficient (Wildman–Crippen LogP) is 5.34. The number of aryl methyl sites for hydroxylation is 1. The second-order valence-electron chi connectivity index (χ2n) is 6.30. The minimum absolute atomic E-state index is 0.168. The topological polar surface area (TPSA) is 42.0 Å². The highest BCUT2D eigenvalue weighted by molar-refractivity contribution is 7.13. The maximum absolute atomic E-state index is 13.0. The molecule has 2 aromatic carbocycles. The lowest BCUT2D eigenvalue weighted by Gasteiger charge is -2.11. The van der Waals surface area contributed by atoms with E-state index in [1.54, 1.807) is 29.5 Å². The first-order valence-electron chi connectivity index (χ1n) is 8.59. The van der Waals surface area contributed by atoms with Gasteiger partial charge < -0.3 is 5.32 Å². The van der Waals surface area contributed by atoms with E-state index in [1.807, 2.05) is 36.6 Å². The molecule has 0 aliphatic heterocycles. The van der Waals surface area contributed by atoms with Crippen LogP contribution in [0.2, 0.25) is 0 Å². The second-order valence-corrected chi connectivity index (χ2v) is 7.25. The summed E-state index contributed by atoms with van der Waals surface area (Å²) in [5, 5.41) is 5.77. The summed E-state index contributed by atoms with van der Waals surface area (Å²) in [6.07, 6.45) is 0. The van der Waals surface area contributed by atoms with Crippen LogP contribution >= 0.6 is 11.3 Å². The molecule has 0 radical (unpaired) electrons. The number of amides is 1. The van der Waals surface area contributed by atoms with Gasteiger partial charge in [0, 0.05) is 28.1 Å². The average molecular weight is 376 g/mol. The normalized spacial score (nSPS) is 10.9. The van der Waals surface area contributed by atoms with E-state index in [0.29, 0.717) is 12.1 Å². The Morgan fingerprint density at radius 2 is 1.93 bits per heavy atom. The van der Waals surface area contributed by atoms with Gasteiger partial charge in [-0.05, 0) is 42.1 Å². The third-order valence-electron chi connectivity index (χ3n) is 4.37. The van der Waals surface area contributed by atoms with E-state index >= 15 is 0 Å². The molecule has 27 heavy (non-hydrogen) atoms. The van der Waals surface area contributed by atoms with Crippen molar-refractivity contribution < 1.29 is 9.18 Å². The van der Waals surface area contributed by atoms with Crippen LogP contribution in [0.25, 0.3) is 21.3 Å². The lowest BCUT2D eigenvalue weighted by molar-refractivity contribution is 0.0952. The molecule has 0 aliphatic rings. The molecule has 0 spiro atoms. The van der Waals surface area contributed by atoms with Crippen LogP contribution in [0.5, 0.6) is 0 Å². The molecule has 4 rings (SSSR count). The number of rotatable bonds is 4. The summed E-state index contributed by atoms with van der Waals surface area (Å²) in [6, 6.07) is 17.9. The number of thiophene rings is 1. The van der Waals surface area contributed by atoms with Gasteiger partial charge in [-0.15, -0.1) is 11.3 Å². The number of halogens is 1. The Bertz CT molecular complexity index is 1110. The number of nitrogens with one attached hydrogen (secondary N) is 1. The highest BCUT2D eigenvalue weighted by Crippen LogP contribution is 2.32. The highest BCUT2D eigenvalue weighted by Gasteiger charge is 2.15. The van der Waals surface area contributed by atoms with Crippen LogP contribution in [0.4, 0.5) is 4.39 Å². The SMILES string of the molecule is Cc1cc(C(=O)NCc2ccc(F)cc2)c2cccc(-c3cccs3)c2n1. The summed E-state index contributed by atoms with van der Waals surface area (Å²) in [6.45, 7) is 2.23. The second kappa shape index (κ2) is 7.29. The molecule has 0 saturated heterocycles. The first-order chi connectivity index (χ1) is 13.1. The summed E-state index contributed by atoms with van der Waals surface area (Å²) in [5.74, 6) is -0.458. The Kier molecular flexibility index (Phi) is 4.69. The fourth-order valence-electron chi connectivity index (χ4n) is 3.07. The maximum atomic E-state index is 13.0. The summed E-state index contributed by atoms with van der Waals surface area (Å²) in [5.41, 5.74) is 4.08. The van der Waals surface area contributed by atoms with Gasteiger partial charge in [0.05, 0.1) is 11.1 Å². The number of benzene rings is 2. The molecular weight excluding hydrogens is 359 g/mol. The zero-order chi connectivity index (χ0) is 18.8. The standard InChI is InChI=1S/C22H17FN2OS/c1-14-12-19(22(26)24-13-15-7-9-16(23)10-8-15)17-4-2-5-18(21(17)25-14)20-6-3-11-27-20/h2-12H,13H2,1H3,(H,24,26). The Labute approximate surface area is 160 Å². The van der Waals surface area contributed by atoms with E-state index in [4.69, 9.17) is 0 Å². The molecule has 0 saturated carbocycles. The largest absolute Gasteiger partial charge is 0.348 e. The van der Waals surface area contributed by atoms with Crippen LogP contribution in [0.15, 0.2) is 66.0 Å². The first kappa shape index (κ1) is 17.4. The Morgan fingerprint density at radius 1 is 1.11 bits per heavy atom. The Hall–Kier alpha value is -3.05. The van der Waals surface area contributed by atoms with E-state index in [2.05, 4.69) is 16.4 Å². The van der Waals surface area contributed by atoms with Crippen molar-refractivity contribution >= 4 is 28.1 Å². The van der Waals surface area contributed by atoms with Crippen molar-refractivity contribution in [2.75, 3.05) is 0 Å². The van der Waals surface area contributed by atoms with Crippen LogP contribution in [0.3, 0.4) is 0 Å². The van der Waals surface area contributed by atoms with E-state index in [0.717, 1.165) is 32.6 Å². The van der Waals surface area contributed by atoms with Crippen molar-refractivity contribution in [1.82, 2.24) is 10.3 Å². The molecule has 5 heteroatoms. The Balaban J connectivity index is 1.69. The van der Waals surface area contributed by atoms with Crippen LogP contribution in [-0.4, -0.2) is 10.9 Å². The summed E-state index contributed by atoms with van der Waals surface area (Å²) in [4.78, 5) is 18.6. The van der Waals surface area contributed by atoms with Gasteiger partial charge in [-0.25, -0.2) is 4.39 Å². The van der Waals surface area contributed by atoms with Crippen molar-refractivity contribution in [3.05, 3.63) is 88.7 Å². The van der Waals surface area contributed by atoms with Crippen LogP contribution in [0, 0.1) is 12.7 Å². The van der Waals surface area contributed by atoms with Crippen LogP contribution < -0.4 is 5.32 Å². The predicted molar refractivity (Wildman–Crippen MR) is 107 cm³/mol. The average Bonchev–Trinajstić information content (AvgIpc) is 3.21. The van der Waals surface area contributed by atoms with Gasteiger partial charge in [-0.2, -0.15) is 0 Å². The number of nitrogens with zero attached hydrogens (tertiary/aromatic N) is 1. The molecular formula is C22H17FN2OS. The fourth-order valence-corrected chi connectivity index (χ4v) is 3.83. The minimum Gasteiger partial charge on any atom is -0.348 e. The van der Waals surface area contributed by atoms with Gasteiger partial charge in [0.25, 0.3) is 5.91 Å². The van der Waals surface area contributed by atoms with E-state index < -0.39 is 0 Å². The van der Waals surface area contributed by atoms with Crippen LogP contribution in [0.1, 0.15) is 21.6 Å². The molecule has 2 aromatic heterocycles. The quantitative estimate of drug-likeness (QED) is 0.522. The van der Waals surface area contributed by atoms with Crippen molar-refractivity contribution in [2.24, 2.45) is 0 Å². The molecule has 0 fully saturated rings. The molecule has 3 nitrogen and oxygen atoms in total. The molecule has 2 heterocycles. The fraction of sp³-hybridized carbons (Fsp3) is 0.0909. The monoisotopic (exact) mass is 376 g/mol. The maximum Gasteiger partial charge on any atom is 0.252 e. The lowest BCUT2D eigenvalue weighted by atomic mass is 10.0. The van der Waals surface area contributed by atoms with Gasteiger partial charge in [0.15, 0.2) is 0 Å². The third kappa shape index (κ3) is 3.59. The minimum atomic E-state index is -0.290. The molecule has 0 bridgehead atoms. The highest BCUT2D eigenvalue weighted by atomic mass is 32.1. The lowest BCUT2D eigenvalue weighted by Crippen LogP contribution is -2.23. The van der Waals surface area contributed by atoms with Gasteiger partial charge in [-0.1, -0.05) is 36.4 Å². The summed E-state index contributed by atoms with van der Waals surface area (Å²) >= 11 is 1.65. The van der Waals surface area contributed by atoms with Crippen LogP contribution in [-0.2, 0) is 6.54 Å². The molecule has 4 aromatic rings.